The van der Waals surface area contributed by atoms with Crippen LogP contribution < -0.4 is 91.6 Å². The molecule has 2 atom stereocenters. The van der Waals surface area contributed by atoms with E-state index in [1.54, 1.807) is 24.3 Å². The van der Waals surface area contributed by atoms with Crippen LogP contribution in [-0.4, -0.2) is 74.6 Å². The predicted molar refractivity (Wildman–Crippen MR) is 176 cm³/mol. The zero-order valence-corrected chi connectivity index (χ0v) is 32.9. The van der Waals surface area contributed by atoms with Gasteiger partial charge in [0.1, 0.15) is 18.5 Å². The summed E-state index contributed by atoms with van der Waals surface area (Å²) in [6.07, 6.45) is 0.573. The third kappa shape index (κ3) is 8.51. The van der Waals surface area contributed by atoms with Gasteiger partial charge in [0.05, 0.1) is 38.2 Å². The molecule has 18 heteroatoms. The predicted octanol–water partition coefficient (Wildman–Crippen LogP) is -9.04. The average Bonchev–Trinajstić information content (AvgIpc) is 2.97. The number of carboxylic acid groups (broad SMARTS) is 2. The zero-order chi connectivity index (χ0) is 36.9. The molecule has 0 radical (unpaired) electrons. The molecule has 0 N–H and O–H groups in total. The van der Waals surface area contributed by atoms with Gasteiger partial charge in [-0.1, -0.05) is 12.1 Å². The molecule has 0 spiro atoms. The minimum Gasteiger partial charge on any atom is -0.748 e. The van der Waals surface area contributed by atoms with Crippen LogP contribution in [-0.2, 0) is 20.2 Å². The molecule has 0 saturated carbocycles. The standard InChI is InChI=1S/C35H38N2O11S2.3Li/c1-34(2)14-19(16-49(42,43)44)22-10-25-29(12-27(22)36(34)5)48-30-13-28-23(20(17-50(45,46)47)15-35(3,4)37(28)6)11-26(30)31(25)24-9-18(32(38)39)7-8-21(24)33(40)41;;;/h7-13,19-20H,14-17H2,1-6H3,(H3-,38,39,40,41,42,43,44,45,46,47);;;/q;3*+1/p-3. The Labute approximate surface area is 344 Å². The Balaban J connectivity index is 0.00000252. The Morgan fingerprint density at radius 1 is 0.811 bits per heavy atom. The van der Waals surface area contributed by atoms with Crippen LogP contribution in [0, 0.1) is 0 Å². The molecule has 13 nitrogen and oxygen atoms in total. The van der Waals surface area contributed by atoms with Gasteiger partial charge in [-0.15, -0.1) is 0 Å². The van der Waals surface area contributed by atoms with Crippen molar-refractivity contribution in [3.05, 3.63) is 86.4 Å². The van der Waals surface area contributed by atoms with E-state index in [-0.39, 0.29) is 114 Å². The molecule has 6 rings (SSSR count). The maximum Gasteiger partial charge on any atom is 1.00 e. The number of anilines is 1. The summed E-state index contributed by atoms with van der Waals surface area (Å²) in [4.78, 5) is 26.5. The van der Waals surface area contributed by atoms with Crippen LogP contribution in [0.3, 0.4) is 0 Å². The molecule has 0 saturated heterocycles. The first-order valence-electron chi connectivity index (χ1n) is 15.8. The Kier molecular flexibility index (Phi) is 12.9. The smallest absolute Gasteiger partial charge is 0.748 e. The van der Waals surface area contributed by atoms with Gasteiger partial charge in [-0.2, -0.15) is 0 Å². The summed E-state index contributed by atoms with van der Waals surface area (Å²) in [5, 5.41) is 25.4. The minimum atomic E-state index is -4.69. The third-order valence-corrected chi connectivity index (χ3v) is 12.1. The van der Waals surface area contributed by atoms with Gasteiger partial charge in [0.2, 0.25) is 5.36 Å². The van der Waals surface area contributed by atoms with Crippen molar-refractivity contribution in [2.75, 3.05) is 30.5 Å². The molecule has 0 amide bonds. The Morgan fingerprint density at radius 2 is 1.40 bits per heavy atom. The Morgan fingerprint density at radius 3 is 1.94 bits per heavy atom. The van der Waals surface area contributed by atoms with Crippen molar-refractivity contribution in [1.29, 1.82) is 0 Å². The number of carbonyl (C=O) groups is 2. The normalized spacial score (nSPS) is 19.4. The van der Waals surface area contributed by atoms with E-state index in [9.17, 15) is 45.7 Å². The minimum absolute atomic E-state index is 0. The summed E-state index contributed by atoms with van der Waals surface area (Å²) in [6.45, 7) is 7.64. The van der Waals surface area contributed by atoms with Gasteiger partial charge >= 0.3 is 56.6 Å². The van der Waals surface area contributed by atoms with E-state index in [1.165, 1.54) is 0 Å². The summed E-state index contributed by atoms with van der Waals surface area (Å²) < 4.78 is 81.0. The van der Waals surface area contributed by atoms with Crippen molar-refractivity contribution in [3.8, 4) is 11.5 Å². The fourth-order valence-corrected chi connectivity index (χ4v) is 9.30. The first kappa shape index (κ1) is 44.9. The number of rotatable bonds is 7. The summed E-state index contributed by atoms with van der Waals surface area (Å²) in [5.74, 6) is -5.63. The number of carbonyl (C=O) groups excluding carboxylic acids is 2. The van der Waals surface area contributed by atoms with Crippen LogP contribution in [0.5, 0.6) is 11.5 Å². The molecule has 53 heavy (non-hydrogen) atoms. The SMILES string of the molecule is CN1c2cc3c(cc2C(CS(=O)(=O)[O-])CC1(C)C)C(c1cc(C(=O)[O-])ccc1C(=O)[O-])=c1cc2c(cc1O3)=[N+](C)C(C)(C)CC2CS(=O)(=O)[O-].[Li+].[Li+].[Li+]. The second kappa shape index (κ2) is 15.2. The van der Waals surface area contributed by atoms with Crippen LogP contribution in [0.1, 0.15) is 95.3 Å². The number of aromatic carboxylic acids is 2. The molecule has 3 aromatic carbocycles. The van der Waals surface area contributed by atoms with Crippen LogP contribution in [0.25, 0.3) is 5.57 Å². The number of hydrogen-bond acceptors (Lipinski definition) is 12. The molecule has 0 bridgehead atoms. The first-order valence-corrected chi connectivity index (χ1v) is 19.0. The first-order chi connectivity index (χ1) is 23.0. The molecule has 3 aliphatic rings. The topological polar surface area (TPSA) is 210 Å². The second-order valence-corrected chi connectivity index (χ2v) is 17.5. The van der Waals surface area contributed by atoms with E-state index >= 15 is 0 Å². The molecule has 0 aromatic heterocycles. The van der Waals surface area contributed by atoms with Crippen molar-refractivity contribution >= 4 is 43.4 Å². The number of fused-ring (bicyclic) bond motifs is 4. The van der Waals surface area contributed by atoms with Crippen LogP contribution in [0.2, 0.25) is 0 Å². The molecule has 3 aliphatic heterocycles. The van der Waals surface area contributed by atoms with E-state index in [2.05, 4.69) is 0 Å². The summed E-state index contributed by atoms with van der Waals surface area (Å²) in [6, 6.07) is 9.91. The Hall–Kier alpha value is -2.52. The summed E-state index contributed by atoms with van der Waals surface area (Å²) >= 11 is 0. The van der Waals surface area contributed by atoms with Gasteiger partial charge in [0, 0.05) is 81.6 Å². The fourth-order valence-electron chi connectivity index (χ4n) is 7.72. The van der Waals surface area contributed by atoms with E-state index in [4.69, 9.17) is 4.74 Å². The van der Waals surface area contributed by atoms with Gasteiger partial charge in [-0.25, -0.2) is 21.4 Å². The van der Waals surface area contributed by atoms with Gasteiger partial charge in [-0.3, -0.25) is 0 Å². The fraction of sp³-hybridized carbons (Fsp3) is 0.400. The van der Waals surface area contributed by atoms with Crippen LogP contribution in [0.4, 0.5) is 5.69 Å². The largest absolute Gasteiger partial charge is 1.00 e. The molecular formula is C35H35Li3N2O11S2. The number of hydrogen-bond donors (Lipinski definition) is 0. The molecule has 2 unspecified atom stereocenters. The van der Waals surface area contributed by atoms with Crippen molar-refractivity contribution in [3.63, 3.8) is 0 Å². The second-order valence-electron chi connectivity index (χ2n) is 14.6. The average molecular weight is 745 g/mol. The van der Waals surface area contributed by atoms with Crippen LogP contribution in [0.15, 0.2) is 42.5 Å². The number of ether oxygens (including phenoxy) is 1. The van der Waals surface area contributed by atoms with Crippen molar-refractivity contribution in [2.24, 2.45) is 0 Å². The zero-order valence-electron chi connectivity index (χ0n) is 31.2. The number of carboxylic acids is 2. The summed E-state index contributed by atoms with van der Waals surface area (Å²) in [7, 11) is -5.74. The molecular weight excluding hydrogens is 709 g/mol. The van der Waals surface area contributed by atoms with Crippen molar-refractivity contribution < 1.29 is 107 Å². The van der Waals surface area contributed by atoms with E-state index < -0.39 is 66.6 Å². The van der Waals surface area contributed by atoms with Gasteiger partial charge in [0.25, 0.3) is 0 Å². The molecule has 3 aromatic rings. The Bertz CT molecular complexity index is 2380. The molecule has 3 heterocycles. The van der Waals surface area contributed by atoms with E-state index in [1.807, 2.05) is 51.3 Å². The third-order valence-electron chi connectivity index (χ3n) is 10.5. The van der Waals surface area contributed by atoms with Crippen molar-refractivity contribution in [2.45, 2.75) is 63.5 Å². The monoisotopic (exact) mass is 744 g/mol. The van der Waals surface area contributed by atoms with Gasteiger partial charge in [0.15, 0.2) is 5.54 Å². The van der Waals surface area contributed by atoms with Crippen molar-refractivity contribution in [1.82, 2.24) is 4.58 Å². The molecule has 0 fully saturated rings. The maximum absolute atomic E-state index is 12.5. The van der Waals surface area contributed by atoms with E-state index in [0.29, 0.717) is 22.2 Å². The van der Waals surface area contributed by atoms with Crippen LogP contribution >= 0.6 is 0 Å². The van der Waals surface area contributed by atoms with Gasteiger partial charge < -0.3 is 38.5 Å². The van der Waals surface area contributed by atoms with Gasteiger partial charge in [-0.05, 0) is 69.0 Å². The molecule has 0 aliphatic carbocycles. The maximum atomic E-state index is 12.5. The number of benzene rings is 3. The van der Waals surface area contributed by atoms with E-state index in [0.717, 1.165) is 18.2 Å². The number of nitrogens with zero attached hydrogens (tertiary/aromatic N) is 2. The molecule has 266 valence electrons. The summed E-state index contributed by atoms with van der Waals surface area (Å²) in [5.41, 5.74) is 0.0603. The quantitative estimate of drug-likeness (QED) is 0.0982.